The Morgan fingerprint density at radius 2 is 1.39 bits per heavy atom. The van der Waals surface area contributed by atoms with Crippen LogP contribution in [0.4, 0.5) is 0 Å². The van der Waals surface area contributed by atoms with E-state index in [4.69, 9.17) is 22.3 Å². The molecular weight excluding hydrogens is 224 g/mol. The van der Waals surface area contributed by atoms with E-state index in [1.54, 1.807) is 12.1 Å². The number of hydrogen-bond donors (Lipinski definition) is 4. The van der Waals surface area contributed by atoms with Crippen LogP contribution < -0.4 is 11.5 Å². The van der Waals surface area contributed by atoms with E-state index >= 15 is 0 Å². The van der Waals surface area contributed by atoms with Crippen molar-refractivity contribution >= 4 is 11.7 Å². The van der Waals surface area contributed by atoms with Gasteiger partial charge in [0.25, 0.3) is 0 Å². The van der Waals surface area contributed by atoms with Crippen molar-refractivity contribution in [1.82, 2.24) is 0 Å². The molecule has 2 aromatic rings. The molecule has 0 heterocycles. The maximum Gasteiger partial charge on any atom is 0.123 e. The number of nitrogens with one attached hydrogen (secondary N) is 2. The Morgan fingerprint density at radius 3 is 1.94 bits per heavy atom. The minimum Gasteiger partial charge on any atom is -0.384 e. The maximum absolute atomic E-state index is 7.56. The minimum absolute atomic E-state index is 0.0428. The highest BCUT2D eigenvalue weighted by atomic mass is 14.7. The average Bonchev–Trinajstić information content (AvgIpc) is 2.39. The summed E-state index contributed by atoms with van der Waals surface area (Å²) in [6, 6.07) is 14.8. The Kier molecular flexibility index (Phi) is 3.10. The largest absolute Gasteiger partial charge is 0.384 e. The molecule has 0 fully saturated rings. The van der Waals surface area contributed by atoms with Gasteiger partial charge in [-0.1, -0.05) is 48.5 Å². The van der Waals surface area contributed by atoms with Crippen LogP contribution in [0.25, 0.3) is 11.1 Å². The zero-order chi connectivity index (χ0) is 13.1. The summed E-state index contributed by atoms with van der Waals surface area (Å²) < 4.78 is 0. The van der Waals surface area contributed by atoms with E-state index in [1.807, 2.05) is 36.4 Å². The molecule has 4 heteroatoms. The Hall–Kier alpha value is -2.62. The molecule has 0 unspecified atom stereocenters. The lowest BCUT2D eigenvalue weighted by atomic mass is 9.98. The smallest absolute Gasteiger partial charge is 0.123 e. The lowest BCUT2D eigenvalue weighted by Crippen LogP contribution is -2.12. The Balaban J connectivity index is 2.49. The zero-order valence-electron chi connectivity index (χ0n) is 9.77. The van der Waals surface area contributed by atoms with Crippen molar-refractivity contribution in [2.75, 3.05) is 0 Å². The highest BCUT2D eigenvalue weighted by Gasteiger charge is 2.06. The zero-order valence-corrected chi connectivity index (χ0v) is 9.77. The van der Waals surface area contributed by atoms with Gasteiger partial charge in [-0.25, -0.2) is 0 Å². The first-order chi connectivity index (χ1) is 8.59. The second-order valence-electron chi connectivity index (χ2n) is 3.95. The number of nitrogens with two attached hydrogens (primary N) is 2. The van der Waals surface area contributed by atoms with Crippen LogP contribution in [0, 0.1) is 10.8 Å². The molecule has 0 aliphatic rings. The quantitative estimate of drug-likeness (QED) is 0.485. The molecule has 4 nitrogen and oxygen atoms in total. The first kappa shape index (κ1) is 11.9. The average molecular weight is 238 g/mol. The predicted octanol–water partition coefficient (Wildman–Crippen LogP) is 1.92. The molecule has 0 spiro atoms. The third-order valence-electron chi connectivity index (χ3n) is 2.72. The van der Waals surface area contributed by atoms with Gasteiger partial charge in [-0.2, -0.15) is 0 Å². The summed E-state index contributed by atoms with van der Waals surface area (Å²) in [5, 5.41) is 14.9. The first-order valence-corrected chi connectivity index (χ1v) is 5.48. The van der Waals surface area contributed by atoms with Gasteiger partial charge in [0.05, 0.1) is 0 Å². The van der Waals surface area contributed by atoms with E-state index in [-0.39, 0.29) is 11.7 Å². The molecule has 0 aliphatic heterocycles. The number of hydrogen-bond acceptors (Lipinski definition) is 2. The molecule has 0 aliphatic carbocycles. The standard InChI is InChI=1S/C14H14N4/c15-13(16)10-7-5-9(6-8-10)11-3-1-2-4-12(11)14(17)18/h1-8H,(H3,15,16)(H3,17,18). The van der Waals surface area contributed by atoms with Gasteiger partial charge in [0.15, 0.2) is 0 Å². The normalized spacial score (nSPS) is 10.0. The molecular formula is C14H14N4. The highest BCUT2D eigenvalue weighted by molar-refractivity contribution is 6.02. The van der Waals surface area contributed by atoms with Crippen LogP contribution in [-0.2, 0) is 0 Å². The van der Waals surface area contributed by atoms with E-state index in [1.165, 1.54) is 0 Å². The predicted molar refractivity (Wildman–Crippen MR) is 73.9 cm³/mol. The summed E-state index contributed by atoms with van der Waals surface area (Å²) >= 11 is 0. The van der Waals surface area contributed by atoms with Crippen LogP contribution in [0.2, 0.25) is 0 Å². The van der Waals surface area contributed by atoms with Crippen molar-refractivity contribution < 1.29 is 0 Å². The Labute approximate surface area is 105 Å². The van der Waals surface area contributed by atoms with Crippen molar-refractivity contribution in [3.63, 3.8) is 0 Å². The van der Waals surface area contributed by atoms with Gasteiger partial charge < -0.3 is 11.5 Å². The van der Waals surface area contributed by atoms with Gasteiger partial charge in [0.2, 0.25) is 0 Å². The molecule has 0 amide bonds. The summed E-state index contributed by atoms with van der Waals surface area (Å²) in [7, 11) is 0. The second-order valence-corrected chi connectivity index (χ2v) is 3.95. The van der Waals surface area contributed by atoms with Crippen LogP contribution in [0.1, 0.15) is 11.1 Å². The number of rotatable bonds is 3. The Morgan fingerprint density at radius 1 is 0.778 bits per heavy atom. The summed E-state index contributed by atoms with van der Waals surface area (Å²) in [6.45, 7) is 0. The molecule has 0 aromatic heterocycles. The van der Waals surface area contributed by atoms with Crippen molar-refractivity contribution in [3.05, 3.63) is 59.7 Å². The molecule has 2 aromatic carbocycles. The topological polar surface area (TPSA) is 99.7 Å². The van der Waals surface area contributed by atoms with Crippen molar-refractivity contribution in [2.24, 2.45) is 11.5 Å². The molecule has 0 radical (unpaired) electrons. The Bertz CT molecular complexity index is 599. The monoisotopic (exact) mass is 238 g/mol. The molecule has 0 atom stereocenters. The summed E-state index contributed by atoms with van der Waals surface area (Å²) in [4.78, 5) is 0. The van der Waals surface area contributed by atoms with Crippen LogP contribution >= 0.6 is 0 Å². The lowest BCUT2D eigenvalue weighted by molar-refractivity contribution is 1.41. The molecule has 18 heavy (non-hydrogen) atoms. The van der Waals surface area contributed by atoms with E-state index in [0.29, 0.717) is 11.1 Å². The van der Waals surface area contributed by atoms with E-state index in [2.05, 4.69) is 0 Å². The molecule has 0 saturated heterocycles. The fraction of sp³-hybridized carbons (Fsp3) is 0. The molecule has 0 bridgehead atoms. The van der Waals surface area contributed by atoms with E-state index in [0.717, 1.165) is 11.1 Å². The lowest BCUT2D eigenvalue weighted by Gasteiger charge is -2.08. The summed E-state index contributed by atoms with van der Waals surface area (Å²) in [6.07, 6.45) is 0. The second kappa shape index (κ2) is 4.71. The minimum atomic E-state index is 0.0428. The van der Waals surface area contributed by atoms with Gasteiger partial charge in [-0.05, 0) is 11.1 Å². The molecule has 90 valence electrons. The highest BCUT2D eigenvalue weighted by Crippen LogP contribution is 2.23. The van der Waals surface area contributed by atoms with Crippen molar-refractivity contribution in [2.45, 2.75) is 0 Å². The van der Waals surface area contributed by atoms with Gasteiger partial charge >= 0.3 is 0 Å². The third-order valence-corrected chi connectivity index (χ3v) is 2.72. The third kappa shape index (κ3) is 2.22. The van der Waals surface area contributed by atoms with Gasteiger partial charge in [-0.15, -0.1) is 0 Å². The first-order valence-electron chi connectivity index (χ1n) is 5.48. The maximum atomic E-state index is 7.56. The van der Waals surface area contributed by atoms with E-state index in [9.17, 15) is 0 Å². The summed E-state index contributed by atoms with van der Waals surface area (Å²) in [5.74, 6) is 0.0858. The van der Waals surface area contributed by atoms with Gasteiger partial charge in [-0.3, -0.25) is 10.8 Å². The number of benzene rings is 2. The van der Waals surface area contributed by atoms with Crippen LogP contribution in [0.5, 0.6) is 0 Å². The molecule has 0 saturated carbocycles. The summed E-state index contributed by atoms with van der Waals surface area (Å²) in [5.41, 5.74) is 14.2. The van der Waals surface area contributed by atoms with Crippen molar-refractivity contribution in [3.8, 4) is 11.1 Å². The fourth-order valence-electron chi connectivity index (χ4n) is 1.80. The number of amidine groups is 2. The molecule has 6 N–H and O–H groups in total. The number of nitrogen functional groups attached to an aromatic ring is 2. The molecule has 2 rings (SSSR count). The van der Waals surface area contributed by atoms with E-state index < -0.39 is 0 Å². The van der Waals surface area contributed by atoms with Crippen LogP contribution in [0.3, 0.4) is 0 Å². The fourth-order valence-corrected chi connectivity index (χ4v) is 1.80. The SMILES string of the molecule is N=C(N)c1ccc(-c2ccccc2C(=N)N)cc1. The van der Waals surface area contributed by atoms with Crippen LogP contribution in [0.15, 0.2) is 48.5 Å². The van der Waals surface area contributed by atoms with Gasteiger partial charge in [0.1, 0.15) is 11.7 Å². The van der Waals surface area contributed by atoms with Crippen LogP contribution in [-0.4, -0.2) is 11.7 Å². The van der Waals surface area contributed by atoms with Crippen molar-refractivity contribution in [1.29, 1.82) is 10.8 Å². The van der Waals surface area contributed by atoms with Gasteiger partial charge in [0, 0.05) is 11.1 Å².